The highest BCUT2D eigenvalue weighted by Gasteiger charge is 2.26. The SMILES string of the molecule is CNS(=O)(=O)c1ccc2c(c1)/C(=C/c1[nH]cc(CCC(=O)O)c1C)C(=O)N2. The van der Waals surface area contributed by atoms with Crippen LogP contribution >= 0.6 is 0 Å². The molecule has 0 bridgehead atoms. The lowest BCUT2D eigenvalue weighted by atomic mass is 10.0. The van der Waals surface area contributed by atoms with E-state index in [0.717, 1.165) is 11.1 Å². The number of hydrogen-bond donors (Lipinski definition) is 4. The Morgan fingerprint density at radius 2 is 2.07 bits per heavy atom. The van der Waals surface area contributed by atoms with Gasteiger partial charge in [0, 0.05) is 29.6 Å². The summed E-state index contributed by atoms with van der Waals surface area (Å²) in [7, 11) is -2.31. The fraction of sp³-hybridized carbons (Fsp3) is 0.222. The summed E-state index contributed by atoms with van der Waals surface area (Å²) >= 11 is 0. The molecule has 27 heavy (non-hydrogen) atoms. The Hall–Kier alpha value is -2.91. The second-order valence-corrected chi connectivity index (χ2v) is 8.06. The van der Waals surface area contributed by atoms with Crippen LogP contribution < -0.4 is 10.0 Å². The molecule has 1 aromatic heterocycles. The van der Waals surface area contributed by atoms with Crippen LogP contribution in [-0.2, 0) is 26.0 Å². The van der Waals surface area contributed by atoms with Gasteiger partial charge < -0.3 is 15.4 Å². The minimum Gasteiger partial charge on any atom is -0.481 e. The van der Waals surface area contributed by atoms with Gasteiger partial charge in [-0.05, 0) is 55.8 Å². The van der Waals surface area contributed by atoms with Crippen molar-refractivity contribution in [2.24, 2.45) is 0 Å². The number of aliphatic carboxylic acids is 1. The van der Waals surface area contributed by atoms with Crippen molar-refractivity contribution >= 4 is 39.2 Å². The second kappa shape index (κ2) is 7.01. The predicted molar refractivity (Wildman–Crippen MR) is 101 cm³/mol. The molecule has 0 saturated heterocycles. The number of carbonyl (C=O) groups excluding carboxylic acids is 1. The lowest BCUT2D eigenvalue weighted by molar-refractivity contribution is -0.137. The van der Waals surface area contributed by atoms with Gasteiger partial charge in [0.15, 0.2) is 0 Å². The van der Waals surface area contributed by atoms with E-state index >= 15 is 0 Å². The number of benzene rings is 1. The Morgan fingerprint density at radius 3 is 2.74 bits per heavy atom. The normalized spacial score (nSPS) is 15.0. The number of aromatic nitrogens is 1. The number of aromatic amines is 1. The average Bonchev–Trinajstić information content (AvgIpc) is 3.13. The molecule has 2 heterocycles. The topological polar surface area (TPSA) is 128 Å². The van der Waals surface area contributed by atoms with Crippen LogP contribution in [0.25, 0.3) is 11.6 Å². The van der Waals surface area contributed by atoms with Gasteiger partial charge in [0.25, 0.3) is 5.91 Å². The molecule has 1 aromatic carbocycles. The molecule has 0 fully saturated rings. The number of rotatable bonds is 6. The lowest BCUT2D eigenvalue weighted by Gasteiger charge is -2.05. The summed E-state index contributed by atoms with van der Waals surface area (Å²) < 4.78 is 26.3. The highest BCUT2D eigenvalue weighted by Crippen LogP contribution is 2.35. The van der Waals surface area contributed by atoms with Gasteiger partial charge in [0.05, 0.1) is 10.5 Å². The third-order valence-corrected chi connectivity index (χ3v) is 5.95. The first-order valence-electron chi connectivity index (χ1n) is 8.22. The molecule has 0 aliphatic carbocycles. The summed E-state index contributed by atoms with van der Waals surface area (Å²) in [6.45, 7) is 1.84. The maximum Gasteiger partial charge on any atom is 0.303 e. The number of carboxylic acid groups (broad SMARTS) is 1. The second-order valence-electron chi connectivity index (χ2n) is 6.17. The largest absolute Gasteiger partial charge is 0.481 e. The van der Waals surface area contributed by atoms with Gasteiger partial charge >= 0.3 is 5.97 Å². The number of carbonyl (C=O) groups is 2. The molecule has 1 aliphatic heterocycles. The number of nitrogens with one attached hydrogen (secondary N) is 3. The quantitative estimate of drug-likeness (QED) is 0.560. The molecule has 2 aromatic rings. The van der Waals surface area contributed by atoms with Gasteiger partial charge in [-0.25, -0.2) is 13.1 Å². The summed E-state index contributed by atoms with van der Waals surface area (Å²) in [5, 5.41) is 11.5. The van der Waals surface area contributed by atoms with Crippen molar-refractivity contribution in [3.05, 3.63) is 46.8 Å². The molecule has 8 nitrogen and oxygen atoms in total. The minimum atomic E-state index is -3.63. The van der Waals surface area contributed by atoms with E-state index in [-0.39, 0.29) is 17.2 Å². The minimum absolute atomic E-state index is 0.0171. The Morgan fingerprint density at radius 1 is 1.33 bits per heavy atom. The van der Waals surface area contributed by atoms with Crippen LogP contribution in [0, 0.1) is 6.92 Å². The molecule has 1 aliphatic rings. The van der Waals surface area contributed by atoms with Crippen molar-refractivity contribution in [2.45, 2.75) is 24.7 Å². The molecule has 0 radical (unpaired) electrons. The molecule has 142 valence electrons. The van der Waals surface area contributed by atoms with E-state index in [1.54, 1.807) is 18.3 Å². The maximum atomic E-state index is 12.4. The van der Waals surface area contributed by atoms with Gasteiger partial charge in [0.2, 0.25) is 10.0 Å². The third kappa shape index (κ3) is 3.64. The molecule has 1 amide bonds. The number of H-pyrrole nitrogens is 1. The summed E-state index contributed by atoms with van der Waals surface area (Å²) in [6.07, 6.45) is 3.77. The van der Waals surface area contributed by atoms with E-state index in [4.69, 9.17) is 5.11 Å². The standard InChI is InChI=1S/C18H19N3O5S/c1-10-11(3-6-17(22)23)9-20-16(10)8-14-13-7-12(27(25,26)19-2)4-5-15(13)21-18(14)24/h4-5,7-9,19-20H,3,6H2,1-2H3,(H,21,24)(H,22,23)/b14-8-. The van der Waals surface area contributed by atoms with Crippen molar-refractivity contribution in [3.63, 3.8) is 0 Å². The van der Waals surface area contributed by atoms with Crippen LogP contribution in [0.2, 0.25) is 0 Å². The summed E-state index contributed by atoms with van der Waals surface area (Å²) in [5.41, 5.74) is 3.76. The van der Waals surface area contributed by atoms with Crippen LogP contribution in [-0.4, -0.2) is 37.4 Å². The number of anilines is 1. The molecule has 3 rings (SSSR count). The van der Waals surface area contributed by atoms with Gasteiger partial charge in [-0.15, -0.1) is 0 Å². The summed E-state index contributed by atoms with van der Waals surface area (Å²) in [5.74, 6) is -1.21. The van der Waals surface area contributed by atoms with Gasteiger partial charge in [-0.2, -0.15) is 0 Å². The zero-order chi connectivity index (χ0) is 19.8. The van der Waals surface area contributed by atoms with Gasteiger partial charge in [-0.1, -0.05) is 0 Å². The maximum absolute atomic E-state index is 12.4. The fourth-order valence-corrected chi connectivity index (χ4v) is 3.70. The third-order valence-electron chi connectivity index (χ3n) is 4.54. The fourth-order valence-electron chi connectivity index (χ4n) is 2.95. The molecule has 0 saturated carbocycles. The van der Waals surface area contributed by atoms with E-state index in [9.17, 15) is 18.0 Å². The highest BCUT2D eigenvalue weighted by molar-refractivity contribution is 7.89. The first kappa shape index (κ1) is 18.9. The van der Waals surface area contributed by atoms with E-state index in [1.807, 2.05) is 6.92 Å². The monoisotopic (exact) mass is 389 g/mol. The Bertz CT molecular complexity index is 1070. The van der Waals surface area contributed by atoms with Crippen LogP contribution in [0.5, 0.6) is 0 Å². The van der Waals surface area contributed by atoms with Crippen molar-refractivity contribution in [3.8, 4) is 0 Å². The summed E-state index contributed by atoms with van der Waals surface area (Å²) in [6, 6.07) is 4.43. The predicted octanol–water partition coefficient (Wildman–Crippen LogP) is 1.74. The van der Waals surface area contributed by atoms with E-state index in [1.165, 1.54) is 19.2 Å². The van der Waals surface area contributed by atoms with Crippen LogP contribution in [0.3, 0.4) is 0 Å². The Kier molecular flexibility index (Phi) is 4.90. The number of amides is 1. The number of fused-ring (bicyclic) bond motifs is 1. The highest BCUT2D eigenvalue weighted by atomic mass is 32.2. The molecule has 0 unspecified atom stereocenters. The molecule has 9 heteroatoms. The van der Waals surface area contributed by atoms with Crippen molar-refractivity contribution < 1.29 is 23.1 Å². The van der Waals surface area contributed by atoms with E-state index in [2.05, 4.69) is 15.0 Å². The number of hydrogen-bond acceptors (Lipinski definition) is 4. The Balaban J connectivity index is 2.01. The molecule has 0 spiro atoms. The zero-order valence-corrected chi connectivity index (χ0v) is 15.6. The lowest BCUT2D eigenvalue weighted by Crippen LogP contribution is -2.18. The van der Waals surface area contributed by atoms with Crippen molar-refractivity contribution in [2.75, 3.05) is 12.4 Å². The number of aryl methyl sites for hydroxylation is 1. The van der Waals surface area contributed by atoms with Gasteiger partial charge in [0.1, 0.15) is 0 Å². The molecular weight excluding hydrogens is 370 g/mol. The number of carboxylic acids is 1. The number of sulfonamides is 1. The molecule has 4 N–H and O–H groups in total. The first-order chi connectivity index (χ1) is 12.7. The average molecular weight is 389 g/mol. The van der Waals surface area contributed by atoms with Crippen molar-refractivity contribution in [1.29, 1.82) is 0 Å². The first-order valence-corrected chi connectivity index (χ1v) is 9.71. The van der Waals surface area contributed by atoms with Gasteiger partial charge in [-0.3, -0.25) is 9.59 Å². The zero-order valence-electron chi connectivity index (χ0n) is 14.8. The molecular formula is C18H19N3O5S. The van der Waals surface area contributed by atoms with Crippen LogP contribution in [0.15, 0.2) is 29.3 Å². The van der Waals surface area contributed by atoms with E-state index in [0.29, 0.717) is 28.9 Å². The van der Waals surface area contributed by atoms with Crippen LogP contribution in [0.1, 0.15) is 28.8 Å². The van der Waals surface area contributed by atoms with Crippen LogP contribution in [0.4, 0.5) is 5.69 Å². The Labute approximate surface area is 156 Å². The summed E-state index contributed by atoms with van der Waals surface area (Å²) in [4.78, 5) is 26.2. The molecule has 0 atom stereocenters. The smallest absolute Gasteiger partial charge is 0.303 e. The van der Waals surface area contributed by atoms with Crippen molar-refractivity contribution in [1.82, 2.24) is 9.71 Å². The van der Waals surface area contributed by atoms with E-state index < -0.39 is 16.0 Å².